The number of carbonyl (C=O) groups is 3. The summed E-state index contributed by atoms with van der Waals surface area (Å²) in [5.41, 5.74) is -2.24. The van der Waals surface area contributed by atoms with Crippen LogP contribution in [-0.2, 0) is 29.5 Å². The average molecular weight is 563 g/mol. The predicted molar refractivity (Wildman–Crippen MR) is 148 cm³/mol. The van der Waals surface area contributed by atoms with Gasteiger partial charge in [0.15, 0.2) is 12.0 Å². The van der Waals surface area contributed by atoms with Crippen LogP contribution in [0.15, 0.2) is 48.1 Å². The summed E-state index contributed by atoms with van der Waals surface area (Å²) < 4.78 is 13.1. The molecule has 7 rings (SSSR count). The van der Waals surface area contributed by atoms with Gasteiger partial charge in [-0.3, -0.25) is 14.4 Å². The van der Waals surface area contributed by atoms with Gasteiger partial charge < -0.3 is 30.3 Å². The third kappa shape index (κ3) is 3.34. The molecule has 0 aromatic heterocycles. The molecule has 2 bridgehead atoms. The first-order chi connectivity index (χ1) is 19.4. The number of hydrogen-bond donors (Lipinski definition) is 4. The van der Waals surface area contributed by atoms with E-state index in [9.17, 15) is 24.6 Å². The molecule has 0 radical (unpaired) electrons. The molecule has 41 heavy (non-hydrogen) atoms. The molecular weight excluding hydrogens is 524 g/mol. The Labute approximate surface area is 239 Å². The number of epoxide rings is 1. The molecule has 1 spiro atoms. The van der Waals surface area contributed by atoms with Crippen molar-refractivity contribution in [3.05, 3.63) is 53.6 Å². The van der Waals surface area contributed by atoms with E-state index in [2.05, 4.69) is 10.6 Å². The van der Waals surface area contributed by atoms with Gasteiger partial charge in [0, 0.05) is 35.9 Å². The lowest BCUT2D eigenvalue weighted by Gasteiger charge is -2.50. The molecule has 1 saturated carbocycles. The highest BCUT2D eigenvalue weighted by Crippen LogP contribution is 2.71. The second kappa shape index (κ2) is 8.60. The van der Waals surface area contributed by atoms with Gasteiger partial charge in [-0.25, -0.2) is 0 Å². The van der Waals surface area contributed by atoms with Gasteiger partial charge in [0.2, 0.25) is 5.91 Å². The lowest BCUT2D eigenvalue weighted by Crippen LogP contribution is -2.64. The van der Waals surface area contributed by atoms with E-state index in [1.54, 1.807) is 6.92 Å². The van der Waals surface area contributed by atoms with Crippen molar-refractivity contribution < 1.29 is 34.1 Å². The number of hydrogen-bond acceptors (Lipinski definition) is 8. The molecule has 3 saturated heterocycles. The summed E-state index contributed by atoms with van der Waals surface area (Å²) in [4.78, 5) is 41.6. The number of anilines is 1. The van der Waals surface area contributed by atoms with Gasteiger partial charge in [0.1, 0.15) is 28.6 Å². The zero-order chi connectivity index (χ0) is 29.1. The summed E-state index contributed by atoms with van der Waals surface area (Å²) in [6.07, 6.45) is 3.34. The largest absolute Gasteiger partial charge is 0.389 e. The molecule has 4 heterocycles. The number of aliphatic hydroxyl groups excluding tert-OH is 2. The molecule has 4 fully saturated rings. The number of rotatable bonds is 2. The first kappa shape index (κ1) is 27.0. The molecule has 1 aromatic carbocycles. The molecule has 4 N–H and O–H groups in total. The third-order valence-corrected chi connectivity index (χ3v) is 11.0. The highest BCUT2D eigenvalue weighted by atomic mass is 16.6. The predicted octanol–water partition coefficient (Wildman–Crippen LogP) is 2.72. The first-order valence-electron chi connectivity index (χ1n) is 14.8. The number of allylic oxidation sites excluding steroid dienone is 2. The van der Waals surface area contributed by atoms with Gasteiger partial charge in [-0.05, 0) is 50.2 Å². The summed E-state index contributed by atoms with van der Waals surface area (Å²) in [6, 6.07) is 7.90. The van der Waals surface area contributed by atoms with Crippen LogP contribution in [0.4, 0.5) is 5.69 Å². The van der Waals surface area contributed by atoms with Crippen molar-refractivity contribution in [2.24, 2.45) is 29.1 Å². The van der Waals surface area contributed by atoms with Crippen LogP contribution in [0.2, 0.25) is 0 Å². The van der Waals surface area contributed by atoms with Gasteiger partial charge in [0.05, 0.1) is 11.7 Å². The standard InChI is InChI=1S/C32H38N2O7/c1-16-8-7-10-20-26(38)29(4)18(3)25-31(41-29,15-30-19-9-5-6-11-21(19)33-28(30)40-30)34-27(39)32(20,25)23(36)13-12-22(35)24(37)17(2)14-16/h5-7,9-11,14,16,18,20,22,25-26,28,33,35,38H,8,12-13,15H2,1-4H3,(H,34,39)/b10-7+,17-14+/t16-,18-,20-,22-,25-,26-,28?,29-,30?,31+,32+/m0/s1. The molecule has 6 aliphatic rings. The zero-order valence-electron chi connectivity index (χ0n) is 23.8. The van der Waals surface area contributed by atoms with Crippen molar-refractivity contribution in [3.8, 4) is 0 Å². The molecular formula is C32H38N2O7. The Hall–Kier alpha value is -2.85. The third-order valence-electron chi connectivity index (χ3n) is 11.0. The molecule has 2 unspecified atom stereocenters. The van der Waals surface area contributed by atoms with Gasteiger partial charge in [-0.2, -0.15) is 0 Å². The SMILES string of the molecule is C/C1=C\[C@@H](C)C/C=C/[C@H]2[C@H](O)[C@@]3(C)O[C@@]4(CC56OC5Nc5ccccc56)NC(=O)[C@]2(C(=O)CC[C@H](O)C1=O)[C@H]4[C@@H]3C. The zero-order valence-corrected chi connectivity index (χ0v) is 23.8. The van der Waals surface area contributed by atoms with E-state index in [0.717, 1.165) is 11.3 Å². The lowest BCUT2D eigenvalue weighted by atomic mass is 9.50. The Morgan fingerprint density at radius 3 is 2.66 bits per heavy atom. The van der Waals surface area contributed by atoms with Crippen molar-refractivity contribution >= 4 is 23.2 Å². The van der Waals surface area contributed by atoms with E-state index in [4.69, 9.17) is 9.47 Å². The second-order valence-corrected chi connectivity index (χ2v) is 13.3. The van der Waals surface area contributed by atoms with E-state index in [0.29, 0.717) is 12.0 Å². The number of ether oxygens (including phenoxy) is 2. The fraction of sp³-hybridized carbons (Fsp3) is 0.594. The number of fused-ring (bicyclic) bond motifs is 4. The van der Waals surface area contributed by atoms with Crippen molar-refractivity contribution in [1.82, 2.24) is 5.32 Å². The summed E-state index contributed by atoms with van der Waals surface area (Å²) in [5.74, 6) is -3.07. The maximum atomic E-state index is 14.4. The second-order valence-electron chi connectivity index (χ2n) is 13.3. The van der Waals surface area contributed by atoms with Crippen LogP contribution in [0, 0.1) is 29.1 Å². The maximum Gasteiger partial charge on any atom is 0.237 e. The highest BCUT2D eigenvalue weighted by molar-refractivity contribution is 6.10. The van der Waals surface area contributed by atoms with Crippen molar-refractivity contribution in [1.29, 1.82) is 0 Å². The Bertz CT molecular complexity index is 1420. The Morgan fingerprint density at radius 1 is 1.12 bits per heavy atom. The molecule has 1 aromatic rings. The van der Waals surface area contributed by atoms with Gasteiger partial charge in [-0.15, -0.1) is 0 Å². The van der Waals surface area contributed by atoms with Crippen molar-refractivity contribution in [2.75, 3.05) is 5.32 Å². The summed E-state index contributed by atoms with van der Waals surface area (Å²) in [7, 11) is 0. The number of Topliss-reactive ketones (excluding diaryl/α,β-unsaturated/α-hetero) is 2. The fourth-order valence-electron chi connectivity index (χ4n) is 8.96. The van der Waals surface area contributed by atoms with Crippen LogP contribution in [0.5, 0.6) is 0 Å². The number of ketones is 2. The quantitative estimate of drug-likeness (QED) is 0.245. The monoisotopic (exact) mass is 562 g/mol. The lowest BCUT2D eigenvalue weighted by molar-refractivity contribution is -0.194. The molecule has 9 nitrogen and oxygen atoms in total. The van der Waals surface area contributed by atoms with E-state index >= 15 is 0 Å². The number of aliphatic hydroxyl groups is 2. The minimum Gasteiger partial charge on any atom is -0.389 e. The van der Waals surface area contributed by atoms with Crippen LogP contribution in [0.25, 0.3) is 0 Å². The van der Waals surface area contributed by atoms with Crippen LogP contribution < -0.4 is 10.6 Å². The van der Waals surface area contributed by atoms with Gasteiger partial charge in [-0.1, -0.05) is 50.3 Å². The maximum absolute atomic E-state index is 14.4. The van der Waals surface area contributed by atoms with E-state index < -0.39 is 58.1 Å². The van der Waals surface area contributed by atoms with Crippen LogP contribution in [-0.4, -0.2) is 57.4 Å². The van der Waals surface area contributed by atoms with Gasteiger partial charge >= 0.3 is 0 Å². The van der Waals surface area contributed by atoms with Gasteiger partial charge in [0.25, 0.3) is 0 Å². The minimum atomic E-state index is -1.62. The Kier molecular flexibility index (Phi) is 5.66. The summed E-state index contributed by atoms with van der Waals surface area (Å²) >= 11 is 0. The molecule has 1 amide bonds. The number of para-hydroxylation sites is 1. The molecule has 4 aliphatic heterocycles. The van der Waals surface area contributed by atoms with Crippen LogP contribution in [0.3, 0.4) is 0 Å². The van der Waals surface area contributed by atoms with Crippen molar-refractivity contribution in [2.45, 2.75) is 88.7 Å². The summed E-state index contributed by atoms with van der Waals surface area (Å²) in [6.45, 7) is 7.46. The first-order valence-corrected chi connectivity index (χ1v) is 14.8. The van der Waals surface area contributed by atoms with Crippen LogP contribution >= 0.6 is 0 Å². The number of nitrogens with one attached hydrogen (secondary N) is 2. The average Bonchev–Trinajstić information content (AvgIpc) is 3.35. The molecule has 218 valence electrons. The number of carbonyl (C=O) groups excluding carboxylic acids is 3. The smallest absolute Gasteiger partial charge is 0.237 e. The molecule has 9 heteroatoms. The minimum absolute atomic E-state index is 0.0208. The number of amides is 1. The highest BCUT2D eigenvalue weighted by Gasteiger charge is 2.84. The fourth-order valence-corrected chi connectivity index (χ4v) is 8.96. The number of benzene rings is 1. The van der Waals surface area contributed by atoms with E-state index in [-0.39, 0.29) is 43.1 Å². The normalized spacial score (nSPS) is 50.1. The Balaban J connectivity index is 1.35. The Morgan fingerprint density at radius 2 is 1.88 bits per heavy atom. The van der Waals surface area contributed by atoms with E-state index in [1.807, 2.05) is 63.3 Å². The molecule has 2 aliphatic carbocycles. The summed E-state index contributed by atoms with van der Waals surface area (Å²) in [5, 5.41) is 29.2. The van der Waals surface area contributed by atoms with Crippen molar-refractivity contribution in [3.63, 3.8) is 0 Å². The van der Waals surface area contributed by atoms with E-state index in [1.165, 1.54) is 0 Å². The van der Waals surface area contributed by atoms with Crippen LogP contribution in [0.1, 0.15) is 58.9 Å². The topological polar surface area (TPSA) is 137 Å². The molecule has 11 atom stereocenters.